The molecule has 3 atom stereocenters. The van der Waals surface area contributed by atoms with E-state index in [2.05, 4.69) is 13.8 Å². The van der Waals surface area contributed by atoms with Crippen molar-refractivity contribution in [2.24, 2.45) is 35.5 Å². The summed E-state index contributed by atoms with van der Waals surface area (Å²) in [5.41, 5.74) is 0. The molecule has 9 nitrogen and oxygen atoms in total. The lowest BCUT2D eigenvalue weighted by molar-refractivity contribution is -0.157. The molecule has 1 rings (SSSR count). The van der Waals surface area contributed by atoms with Crippen LogP contribution < -0.4 is 0 Å². The molecular formula is C29H62O9. The van der Waals surface area contributed by atoms with E-state index >= 15 is 0 Å². The number of carboxylic acid groups (broad SMARTS) is 1. The molecule has 0 aliphatic carbocycles. The van der Waals surface area contributed by atoms with Crippen LogP contribution in [0.4, 0.5) is 0 Å². The Morgan fingerprint density at radius 2 is 1.18 bits per heavy atom. The SMILES string of the molecule is C.C.CC(C)C(=O)O.CC(C)C(=O)OC(CO)C(C)C.CC(C)C(=O)OCC(O)C(C)C.CC(C)C1CO1. The lowest BCUT2D eigenvalue weighted by atomic mass is 10.1. The van der Waals surface area contributed by atoms with E-state index in [-0.39, 0.29) is 75.7 Å². The van der Waals surface area contributed by atoms with Crippen LogP contribution in [-0.4, -0.2) is 71.4 Å². The molecule has 9 heteroatoms. The molecular weight excluding hydrogens is 492 g/mol. The molecule has 0 amide bonds. The van der Waals surface area contributed by atoms with Gasteiger partial charge in [0.05, 0.1) is 43.2 Å². The van der Waals surface area contributed by atoms with Crippen LogP contribution in [0.25, 0.3) is 0 Å². The Bertz CT molecular complexity index is 581. The third-order valence-corrected chi connectivity index (χ3v) is 4.90. The molecule has 1 fully saturated rings. The molecule has 1 saturated heterocycles. The summed E-state index contributed by atoms with van der Waals surface area (Å²) in [6.07, 6.45) is -0.308. The summed E-state index contributed by atoms with van der Waals surface area (Å²) >= 11 is 0. The molecule has 0 aromatic carbocycles. The zero-order valence-electron chi connectivity index (χ0n) is 24.6. The van der Waals surface area contributed by atoms with E-state index in [0.717, 1.165) is 12.5 Å². The highest BCUT2D eigenvalue weighted by atomic mass is 16.6. The van der Waals surface area contributed by atoms with E-state index in [1.165, 1.54) is 0 Å². The van der Waals surface area contributed by atoms with Gasteiger partial charge in [-0.1, -0.05) is 97.9 Å². The van der Waals surface area contributed by atoms with Crippen molar-refractivity contribution < 1.29 is 43.9 Å². The first kappa shape index (κ1) is 46.2. The Hall–Kier alpha value is -1.71. The Kier molecular flexibility index (Phi) is 31.1. The zero-order valence-corrected chi connectivity index (χ0v) is 24.6. The maximum Gasteiger partial charge on any atom is 0.308 e. The van der Waals surface area contributed by atoms with Gasteiger partial charge in [-0.25, -0.2) is 0 Å². The van der Waals surface area contributed by atoms with Crippen LogP contribution in [0.5, 0.6) is 0 Å². The summed E-state index contributed by atoms with van der Waals surface area (Å²) in [4.78, 5) is 31.7. The highest BCUT2D eigenvalue weighted by Gasteiger charge is 2.25. The number of hydrogen-bond acceptors (Lipinski definition) is 8. The van der Waals surface area contributed by atoms with Crippen molar-refractivity contribution in [1.29, 1.82) is 0 Å². The molecule has 0 radical (unpaired) electrons. The number of carboxylic acids is 1. The number of hydrogen-bond donors (Lipinski definition) is 3. The van der Waals surface area contributed by atoms with E-state index in [4.69, 9.17) is 24.4 Å². The van der Waals surface area contributed by atoms with E-state index in [1.807, 2.05) is 27.7 Å². The highest BCUT2D eigenvalue weighted by Crippen LogP contribution is 2.17. The molecule has 1 aliphatic heterocycles. The number of aliphatic carboxylic acids is 1. The van der Waals surface area contributed by atoms with Crippen LogP contribution in [0.3, 0.4) is 0 Å². The second kappa shape index (κ2) is 25.6. The predicted octanol–water partition coefficient (Wildman–Crippen LogP) is 5.45. The van der Waals surface area contributed by atoms with Gasteiger partial charge < -0.3 is 29.5 Å². The van der Waals surface area contributed by atoms with Crippen LogP contribution in [0.1, 0.15) is 97.9 Å². The minimum atomic E-state index is -0.741. The molecule has 0 saturated carbocycles. The number of aliphatic hydroxyl groups is 2. The van der Waals surface area contributed by atoms with E-state index in [9.17, 15) is 19.5 Å². The minimum Gasteiger partial charge on any atom is -0.481 e. The van der Waals surface area contributed by atoms with Gasteiger partial charge in [0, 0.05) is 0 Å². The summed E-state index contributed by atoms with van der Waals surface area (Å²) in [7, 11) is 0. The van der Waals surface area contributed by atoms with Crippen molar-refractivity contribution in [3.63, 3.8) is 0 Å². The van der Waals surface area contributed by atoms with Crippen molar-refractivity contribution in [1.82, 2.24) is 0 Å². The normalized spacial score (nSPS) is 15.0. The van der Waals surface area contributed by atoms with Crippen molar-refractivity contribution in [2.45, 2.75) is 116 Å². The van der Waals surface area contributed by atoms with Gasteiger partial charge in [0.15, 0.2) is 0 Å². The number of ether oxygens (including phenoxy) is 3. The van der Waals surface area contributed by atoms with Gasteiger partial charge >= 0.3 is 17.9 Å². The molecule has 0 spiro atoms. The fourth-order valence-electron chi connectivity index (χ4n) is 1.64. The maximum absolute atomic E-state index is 11.1. The lowest BCUT2D eigenvalue weighted by Gasteiger charge is -2.19. The van der Waals surface area contributed by atoms with Crippen LogP contribution in [0, 0.1) is 35.5 Å². The first-order valence-electron chi connectivity index (χ1n) is 12.9. The van der Waals surface area contributed by atoms with Gasteiger partial charge in [0.2, 0.25) is 0 Å². The minimum absolute atomic E-state index is 0. The van der Waals surface area contributed by atoms with E-state index < -0.39 is 12.1 Å². The second-order valence-electron chi connectivity index (χ2n) is 10.8. The molecule has 38 heavy (non-hydrogen) atoms. The van der Waals surface area contributed by atoms with Crippen molar-refractivity contribution in [3.8, 4) is 0 Å². The topological polar surface area (TPSA) is 143 Å². The van der Waals surface area contributed by atoms with Gasteiger partial charge in [-0.2, -0.15) is 0 Å². The quantitative estimate of drug-likeness (QED) is 0.237. The molecule has 0 bridgehead atoms. The number of aliphatic hydroxyl groups excluding tert-OH is 2. The largest absolute Gasteiger partial charge is 0.481 e. The van der Waals surface area contributed by atoms with Crippen molar-refractivity contribution >= 4 is 17.9 Å². The van der Waals surface area contributed by atoms with Gasteiger partial charge in [0.1, 0.15) is 12.7 Å². The van der Waals surface area contributed by atoms with Gasteiger partial charge in [-0.05, 0) is 17.8 Å². The monoisotopic (exact) mass is 554 g/mol. The molecule has 3 N–H and O–H groups in total. The Morgan fingerprint density at radius 1 is 0.789 bits per heavy atom. The molecule has 0 aromatic rings. The van der Waals surface area contributed by atoms with Crippen molar-refractivity contribution in [2.75, 3.05) is 19.8 Å². The third kappa shape index (κ3) is 28.9. The van der Waals surface area contributed by atoms with Crippen LogP contribution >= 0.6 is 0 Å². The average Bonchev–Trinajstić information content (AvgIpc) is 3.61. The molecule has 1 aliphatic rings. The molecule has 3 unspecified atom stereocenters. The smallest absolute Gasteiger partial charge is 0.308 e. The fourth-order valence-corrected chi connectivity index (χ4v) is 1.64. The third-order valence-electron chi connectivity index (χ3n) is 4.90. The van der Waals surface area contributed by atoms with Gasteiger partial charge in [-0.15, -0.1) is 0 Å². The van der Waals surface area contributed by atoms with E-state index in [0.29, 0.717) is 6.10 Å². The first-order chi connectivity index (χ1) is 16.4. The summed E-state index contributed by atoms with van der Waals surface area (Å²) in [5, 5.41) is 26.1. The maximum atomic E-state index is 11.1. The Labute approximate surface area is 233 Å². The number of rotatable bonds is 10. The summed E-state index contributed by atoms with van der Waals surface area (Å²) in [5.74, 6) is -0.688. The number of carbonyl (C=O) groups excluding carboxylic acids is 2. The lowest BCUT2D eigenvalue weighted by Crippen LogP contribution is -2.29. The summed E-state index contributed by atoms with van der Waals surface area (Å²) in [6, 6.07) is 0. The van der Waals surface area contributed by atoms with Crippen LogP contribution in [0.2, 0.25) is 0 Å². The fraction of sp³-hybridized carbons (Fsp3) is 0.897. The van der Waals surface area contributed by atoms with Crippen LogP contribution in [-0.2, 0) is 28.6 Å². The Morgan fingerprint density at radius 3 is 1.37 bits per heavy atom. The molecule has 1 heterocycles. The number of carbonyl (C=O) groups is 3. The number of esters is 2. The molecule has 0 aromatic heterocycles. The van der Waals surface area contributed by atoms with E-state index in [1.54, 1.807) is 41.5 Å². The van der Waals surface area contributed by atoms with Crippen molar-refractivity contribution in [3.05, 3.63) is 0 Å². The first-order valence-corrected chi connectivity index (χ1v) is 12.9. The average molecular weight is 555 g/mol. The van der Waals surface area contributed by atoms with Gasteiger partial charge in [-0.3, -0.25) is 14.4 Å². The second-order valence-corrected chi connectivity index (χ2v) is 10.8. The van der Waals surface area contributed by atoms with Crippen LogP contribution in [0.15, 0.2) is 0 Å². The molecule has 232 valence electrons. The highest BCUT2D eigenvalue weighted by molar-refractivity contribution is 5.72. The predicted molar refractivity (Wildman–Crippen MR) is 154 cm³/mol. The standard InChI is InChI=1S/2C9H18O3.C5H10O.C4H8O2.2CH4/c1-6(2)8(10)5-12-9(11)7(3)4;1-6(2)8(5-10)12-9(11)7(3)4;1-4(2)5-3-6-5;1-3(2)4(5)6;;/h2*6-8,10H,5H2,1-4H3;4-5H,3H2,1-2H3;3H,1-2H3,(H,5,6);2*1H4. The zero-order chi connectivity index (χ0) is 29.2. The van der Waals surface area contributed by atoms with Gasteiger partial charge in [0.25, 0.3) is 0 Å². The summed E-state index contributed by atoms with van der Waals surface area (Å²) in [6.45, 7) is 23.3. The summed E-state index contributed by atoms with van der Waals surface area (Å²) < 4.78 is 14.8. The Balaban J connectivity index is -0.000000131. The number of epoxide rings is 1.